The standard InChI is InChI=1S/C25H16N2O3/c28-24-22-9-5-4-8-21(22)23(16-27(24)19-6-2-1-3-7-19)25(29)30-20-11-10-18-15-26-13-12-17(18)14-20/h1-16H. The van der Waals surface area contributed by atoms with Crippen molar-refractivity contribution < 1.29 is 9.53 Å². The number of fused-ring (bicyclic) bond motifs is 2. The van der Waals surface area contributed by atoms with Crippen molar-refractivity contribution in [2.45, 2.75) is 0 Å². The molecule has 0 aliphatic heterocycles. The number of hydrogen-bond acceptors (Lipinski definition) is 4. The van der Waals surface area contributed by atoms with Crippen LogP contribution < -0.4 is 10.3 Å². The number of para-hydroxylation sites is 1. The molecule has 0 saturated carbocycles. The third kappa shape index (κ3) is 3.12. The van der Waals surface area contributed by atoms with Crippen LogP contribution in [0.5, 0.6) is 5.75 Å². The zero-order chi connectivity index (χ0) is 20.5. The van der Waals surface area contributed by atoms with E-state index in [1.807, 2.05) is 42.5 Å². The summed E-state index contributed by atoms with van der Waals surface area (Å²) in [6.45, 7) is 0. The van der Waals surface area contributed by atoms with Gasteiger partial charge >= 0.3 is 5.97 Å². The first kappa shape index (κ1) is 17.8. The van der Waals surface area contributed by atoms with E-state index < -0.39 is 5.97 Å². The van der Waals surface area contributed by atoms with Crippen LogP contribution in [0.4, 0.5) is 0 Å². The summed E-state index contributed by atoms with van der Waals surface area (Å²) in [5, 5.41) is 2.90. The van der Waals surface area contributed by atoms with Gasteiger partial charge in [-0.05, 0) is 47.9 Å². The Morgan fingerprint density at radius 2 is 1.60 bits per heavy atom. The van der Waals surface area contributed by atoms with Crippen LogP contribution in [0.25, 0.3) is 27.2 Å². The van der Waals surface area contributed by atoms with Crippen LogP contribution >= 0.6 is 0 Å². The molecule has 0 saturated heterocycles. The first-order chi connectivity index (χ1) is 14.7. The van der Waals surface area contributed by atoms with Gasteiger partial charge in [-0.25, -0.2) is 4.79 Å². The van der Waals surface area contributed by atoms with E-state index in [9.17, 15) is 9.59 Å². The van der Waals surface area contributed by atoms with Gasteiger partial charge in [-0.1, -0.05) is 36.4 Å². The van der Waals surface area contributed by atoms with Gasteiger partial charge in [0, 0.05) is 40.4 Å². The van der Waals surface area contributed by atoms with Crippen LogP contribution in [0.15, 0.2) is 102 Å². The number of nitrogens with zero attached hydrogens (tertiary/aromatic N) is 2. The fraction of sp³-hybridized carbons (Fsp3) is 0. The zero-order valence-corrected chi connectivity index (χ0v) is 15.9. The van der Waals surface area contributed by atoms with Crippen molar-refractivity contribution >= 4 is 27.5 Å². The van der Waals surface area contributed by atoms with Crippen molar-refractivity contribution in [2.75, 3.05) is 0 Å². The molecule has 5 aromatic rings. The highest BCUT2D eigenvalue weighted by Crippen LogP contribution is 2.23. The second-order valence-corrected chi connectivity index (χ2v) is 6.87. The second-order valence-electron chi connectivity index (χ2n) is 6.87. The Morgan fingerprint density at radius 3 is 2.43 bits per heavy atom. The molecule has 5 heteroatoms. The molecule has 0 fully saturated rings. The average molecular weight is 392 g/mol. The van der Waals surface area contributed by atoms with Gasteiger partial charge in [-0.2, -0.15) is 0 Å². The highest BCUT2D eigenvalue weighted by Gasteiger charge is 2.17. The van der Waals surface area contributed by atoms with Gasteiger partial charge in [0.05, 0.1) is 5.56 Å². The minimum Gasteiger partial charge on any atom is -0.423 e. The quantitative estimate of drug-likeness (QED) is 0.328. The van der Waals surface area contributed by atoms with Crippen molar-refractivity contribution in [3.8, 4) is 11.4 Å². The Hall–Kier alpha value is -4.25. The number of esters is 1. The number of hydrogen-bond donors (Lipinski definition) is 0. The molecule has 0 radical (unpaired) electrons. The van der Waals surface area contributed by atoms with Crippen LogP contribution in [-0.2, 0) is 0 Å². The van der Waals surface area contributed by atoms with Crippen molar-refractivity contribution in [1.29, 1.82) is 0 Å². The van der Waals surface area contributed by atoms with Crippen molar-refractivity contribution in [3.05, 3.63) is 113 Å². The molecule has 144 valence electrons. The number of carbonyl (C=O) groups is 1. The smallest absolute Gasteiger partial charge is 0.345 e. The third-order valence-corrected chi connectivity index (χ3v) is 5.00. The van der Waals surface area contributed by atoms with E-state index in [0.717, 1.165) is 10.8 Å². The lowest BCUT2D eigenvalue weighted by molar-refractivity contribution is 0.0736. The molecule has 0 atom stereocenters. The lowest BCUT2D eigenvalue weighted by atomic mass is 10.1. The van der Waals surface area contributed by atoms with E-state index >= 15 is 0 Å². The van der Waals surface area contributed by atoms with Crippen LogP contribution in [-0.4, -0.2) is 15.5 Å². The SMILES string of the molecule is O=C(Oc1ccc2cnccc2c1)c1cn(-c2ccccc2)c(=O)c2ccccc12. The Kier molecular flexibility index (Phi) is 4.33. The molecule has 0 spiro atoms. The van der Waals surface area contributed by atoms with Crippen molar-refractivity contribution in [3.63, 3.8) is 0 Å². The summed E-state index contributed by atoms with van der Waals surface area (Å²) in [4.78, 5) is 30.2. The van der Waals surface area contributed by atoms with Gasteiger partial charge in [0.2, 0.25) is 0 Å². The van der Waals surface area contributed by atoms with Gasteiger partial charge in [0.15, 0.2) is 0 Å². The highest BCUT2D eigenvalue weighted by atomic mass is 16.5. The minimum absolute atomic E-state index is 0.188. The maximum Gasteiger partial charge on any atom is 0.345 e. The monoisotopic (exact) mass is 392 g/mol. The molecule has 0 unspecified atom stereocenters. The van der Waals surface area contributed by atoms with E-state index in [1.54, 1.807) is 55.0 Å². The Morgan fingerprint density at radius 1 is 0.833 bits per heavy atom. The summed E-state index contributed by atoms with van der Waals surface area (Å²) in [5.41, 5.74) is 0.816. The van der Waals surface area contributed by atoms with E-state index in [1.165, 1.54) is 4.57 Å². The average Bonchev–Trinajstić information content (AvgIpc) is 2.80. The van der Waals surface area contributed by atoms with Gasteiger partial charge in [-0.3, -0.25) is 14.3 Å². The fourth-order valence-electron chi connectivity index (χ4n) is 3.52. The maximum absolute atomic E-state index is 13.1. The number of ether oxygens (including phenoxy) is 1. The lowest BCUT2D eigenvalue weighted by Gasteiger charge is -2.12. The summed E-state index contributed by atoms with van der Waals surface area (Å²) in [5.74, 6) is -0.0930. The topological polar surface area (TPSA) is 61.2 Å². The molecule has 0 amide bonds. The predicted molar refractivity (Wildman–Crippen MR) is 116 cm³/mol. The Balaban J connectivity index is 1.62. The van der Waals surface area contributed by atoms with E-state index in [4.69, 9.17) is 4.74 Å². The lowest BCUT2D eigenvalue weighted by Crippen LogP contribution is -2.21. The molecule has 30 heavy (non-hydrogen) atoms. The Bertz CT molecular complexity index is 1460. The number of aromatic nitrogens is 2. The molecule has 0 aliphatic rings. The zero-order valence-electron chi connectivity index (χ0n) is 15.9. The van der Waals surface area contributed by atoms with Gasteiger partial charge < -0.3 is 4.74 Å². The molecule has 3 aromatic carbocycles. The molecule has 5 nitrogen and oxygen atoms in total. The summed E-state index contributed by atoms with van der Waals surface area (Å²) in [7, 11) is 0. The number of pyridine rings is 2. The van der Waals surface area contributed by atoms with Crippen LogP contribution in [0.1, 0.15) is 10.4 Å². The second kappa shape index (κ2) is 7.29. The van der Waals surface area contributed by atoms with Crippen molar-refractivity contribution in [2.24, 2.45) is 0 Å². The van der Waals surface area contributed by atoms with Gasteiger partial charge in [0.1, 0.15) is 5.75 Å². The molecule has 2 heterocycles. The van der Waals surface area contributed by atoms with Crippen LogP contribution in [0.3, 0.4) is 0 Å². The van der Waals surface area contributed by atoms with E-state index in [0.29, 0.717) is 27.8 Å². The number of carbonyl (C=O) groups excluding carboxylic acids is 1. The van der Waals surface area contributed by atoms with Crippen molar-refractivity contribution in [1.82, 2.24) is 9.55 Å². The van der Waals surface area contributed by atoms with Crippen LogP contribution in [0.2, 0.25) is 0 Å². The summed E-state index contributed by atoms with van der Waals surface area (Å²) in [6, 6.07) is 23.5. The van der Waals surface area contributed by atoms with E-state index in [-0.39, 0.29) is 5.56 Å². The summed E-state index contributed by atoms with van der Waals surface area (Å²) >= 11 is 0. The maximum atomic E-state index is 13.1. The molecule has 5 rings (SSSR count). The fourth-order valence-corrected chi connectivity index (χ4v) is 3.52. The first-order valence-corrected chi connectivity index (χ1v) is 9.46. The molecular weight excluding hydrogens is 376 g/mol. The molecule has 0 N–H and O–H groups in total. The van der Waals surface area contributed by atoms with Crippen LogP contribution in [0, 0.1) is 0 Å². The molecular formula is C25H16N2O3. The third-order valence-electron chi connectivity index (χ3n) is 5.00. The first-order valence-electron chi connectivity index (χ1n) is 9.46. The number of benzene rings is 3. The van der Waals surface area contributed by atoms with Gasteiger partial charge in [-0.15, -0.1) is 0 Å². The van der Waals surface area contributed by atoms with E-state index in [2.05, 4.69) is 4.98 Å². The molecule has 0 aliphatic carbocycles. The van der Waals surface area contributed by atoms with Gasteiger partial charge in [0.25, 0.3) is 5.56 Å². The molecule has 2 aromatic heterocycles. The normalized spacial score (nSPS) is 10.9. The highest BCUT2D eigenvalue weighted by molar-refractivity contribution is 6.05. The predicted octanol–water partition coefficient (Wildman–Crippen LogP) is 4.76. The minimum atomic E-state index is -0.524. The Labute approximate surface area is 171 Å². The number of rotatable bonds is 3. The molecule has 0 bridgehead atoms. The summed E-state index contributed by atoms with van der Waals surface area (Å²) in [6.07, 6.45) is 4.99. The largest absolute Gasteiger partial charge is 0.423 e. The summed E-state index contributed by atoms with van der Waals surface area (Å²) < 4.78 is 7.15.